The molecule has 0 spiro atoms. The molecule has 1 aromatic heterocycles. The van der Waals surface area contributed by atoms with Crippen LogP contribution in [0, 0.1) is 5.92 Å². The fourth-order valence-corrected chi connectivity index (χ4v) is 2.12. The molecule has 1 saturated carbocycles. The maximum absolute atomic E-state index is 11.9. The summed E-state index contributed by atoms with van der Waals surface area (Å²) in [5.41, 5.74) is 5.98. The van der Waals surface area contributed by atoms with Crippen molar-refractivity contribution in [1.29, 1.82) is 0 Å². The second-order valence-corrected chi connectivity index (χ2v) is 4.90. The van der Waals surface area contributed by atoms with Gasteiger partial charge in [0.05, 0.1) is 0 Å². The van der Waals surface area contributed by atoms with Crippen molar-refractivity contribution in [3.8, 4) is 0 Å². The van der Waals surface area contributed by atoms with Crippen LogP contribution >= 0.6 is 23.7 Å². The minimum atomic E-state index is 0. The number of nitrogens with two attached hydrogens (primary N) is 1. The number of thiazole rings is 1. The van der Waals surface area contributed by atoms with Crippen molar-refractivity contribution < 1.29 is 4.79 Å². The lowest BCUT2D eigenvalue weighted by Crippen LogP contribution is -2.29. The SMILES string of the molecule is CN(CC1CC1)C(=O)c1csc(CN)n1.Cl. The van der Waals surface area contributed by atoms with Crippen LogP contribution in [-0.2, 0) is 6.54 Å². The van der Waals surface area contributed by atoms with Gasteiger partial charge in [-0.15, -0.1) is 23.7 Å². The first-order chi connectivity index (χ1) is 7.20. The van der Waals surface area contributed by atoms with E-state index >= 15 is 0 Å². The highest BCUT2D eigenvalue weighted by Gasteiger charge is 2.25. The first-order valence-corrected chi connectivity index (χ1v) is 5.98. The van der Waals surface area contributed by atoms with Gasteiger partial charge >= 0.3 is 0 Å². The summed E-state index contributed by atoms with van der Waals surface area (Å²) in [6.45, 7) is 1.26. The zero-order valence-corrected chi connectivity index (χ0v) is 10.8. The Morgan fingerprint density at radius 1 is 1.69 bits per heavy atom. The summed E-state index contributed by atoms with van der Waals surface area (Å²) in [7, 11) is 1.84. The number of hydrogen-bond donors (Lipinski definition) is 1. The van der Waals surface area contributed by atoms with Gasteiger partial charge in [-0.05, 0) is 18.8 Å². The van der Waals surface area contributed by atoms with Gasteiger partial charge in [-0.25, -0.2) is 4.98 Å². The quantitative estimate of drug-likeness (QED) is 0.894. The minimum Gasteiger partial charge on any atom is -0.340 e. The van der Waals surface area contributed by atoms with Crippen molar-refractivity contribution in [1.82, 2.24) is 9.88 Å². The predicted octanol–water partition coefficient (Wildman–Crippen LogP) is 1.51. The fourth-order valence-electron chi connectivity index (χ4n) is 1.47. The van der Waals surface area contributed by atoms with E-state index in [9.17, 15) is 4.79 Å². The molecular formula is C10H16ClN3OS. The van der Waals surface area contributed by atoms with Crippen LogP contribution in [0.1, 0.15) is 28.3 Å². The second-order valence-electron chi connectivity index (χ2n) is 3.96. The Kier molecular flexibility index (Phi) is 4.70. The van der Waals surface area contributed by atoms with E-state index in [1.54, 1.807) is 10.3 Å². The largest absolute Gasteiger partial charge is 0.340 e. The standard InChI is InChI=1S/C10H15N3OS.ClH/c1-13(5-7-2-3-7)10(14)8-6-15-9(4-11)12-8;/h6-7H,2-5,11H2,1H3;1H. The number of amides is 1. The molecule has 1 aromatic rings. The van der Waals surface area contributed by atoms with Crippen molar-refractivity contribution in [2.45, 2.75) is 19.4 Å². The number of nitrogens with zero attached hydrogens (tertiary/aromatic N) is 2. The van der Waals surface area contributed by atoms with Crippen LogP contribution in [0.4, 0.5) is 0 Å². The van der Waals surface area contributed by atoms with E-state index in [1.165, 1.54) is 24.2 Å². The molecule has 90 valence electrons. The summed E-state index contributed by atoms with van der Waals surface area (Å²) < 4.78 is 0. The van der Waals surface area contributed by atoms with Crippen LogP contribution in [0.5, 0.6) is 0 Å². The average molecular weight is 262 g/mol. The average Bonchev–Trinajstić information content (AvgIpc) is 2.92. The Balaban J connectivity index is 0.00000128. The van der Waals surface area contributed by atoms with Crippen LogP contribution in [0.15, 0.2) is 5.38 Å². The van der Waals surface area contributed by atoms with Crippen molar-refractivity contribution in [2.75, 3.05) is 13.6 Å². The highest BCUT2D eigenvalue weighted by Crippen LogP contribution is 2.29. The minimum absolute atomic E-state index is 0. The third kappa shape index (κ3) is 3.17. The molecule has 2 N–H and O–H groups in total. The monoisotopic (exact) mass is 261 g/mol. The van der Waals surface area contributed by atoms with E-state index in [0.717, 1.165) is 11.6 Å². The lowest BCUT2D eigenvalue weighted by molar-refractivity contribution is 0.0783. The summed E-state index contributed by atoms with van der Waals surface area (Å²) in [6, 6.07) is 0. The lowest BCUT2D eigenvalue weighted by Gasteiger charge is -2.14. The molecule has 4 nitrogen and oxygen atoms in total. The van der Waals surface area contributed by atoms with E-state index in [4.69, 9.17) is 5.73 Å². The van der Waals surface area contributed by atoms with Crippen molar-refractivity contribution >= 4 is 29.7 Å². The number of hydrogen-bond acceptors (Lipinski definition) is 4. The number of carbonyl (C=O) groups is 1. The first-order valence-electron chi connectivity index (χ1n) is 5.10. The molecule has 1 fully saturated rings. The smallest absolute Gasteiger partial charge is 0.273 e. The molecule has 16 heavy (non-hydrogen) atoms. The van der Waals surface area contributed by atoms with Crippen LogP contribution in [0.25, 0.3) is 0 Å². The third-order valence-electron chi connectivity index (χ3n) is 2.52. The zero-order valence-electron chi connectivity index (χ0n) is 9.18. The molecular weight excluding hydrogens is 246 g/mol. The molecule has 0 unspecified atom stereocenters. The van der Waals surface area contributed by atoms with Crippen molar-refractivity contribution in [2.24, 2.45) is 11.7 Å². The lowest BCUT2D eigenvalue weighted by atomic mass is 10.3. The molecule has 1 aliphatic rings. The Hall–Kier alpha value is -0.650. The maximum atomic E-state index is 11.9. The highest BCUT2D eigenvalue weighted by molar-refractivity contribution is 7.09. The number of carbonyl (C=O) groups excluding carboxylic acids is 1. The van der Waals surface area contributed by atoms with E-state index in [2.05, 4.69) is 4.98 Å². The summed E-state index contributed by atoms with van der Waals surface area (Å²) in [4.78, 5) is 17.8. The van der Waals surface area contributed by atoms with E-state index < -0.39 is 0 Å². The maximum Gasteiger partial charge on any atom is 0.273 e. The van der Waals surface area contributed by atoms with Crippen molar-refractivity contribution in [3.63, 3.8) is 0 Å². The molecule has 0 aliphatic heterocycles. The molecule has 1 amide bonds. The molecule has 0 radical (unpaired) electrons. The van der Waals surface area contributed by atoms with Gasteiger partial charge in [-0.3, -0.25) is 4.79 Å². The molecule has 1 heterocycles. The predicted molar refractivity (Wildman–Crippen MR) is 66.9 cm³/mol. The van der Waals surface area contributed by atoms with Gasteiger partial charge in [0.2, 0.25) is 0 Å². The van der Waals surface area contributed by atoms with Crippen LogP contribution in [-0.4, -0.2) is 29.4 Å². The number of aromatic nitrogens is 1. The summed E-state index contributed by atoms with van der Waals surface area (Å²) in [5, 5.41) is 2.60. The molecule has 1 aliphatic carbocycles. The van der Waals surface area contributed by atoms with Gasteiger partial charge in [0, 0.05) is 25.5 Å². The fraction of sp³-hybridized carbons (Fsp3) is 0.600. The normalized spacial score (nSPS) is 14.4. The van der Waals surface area contributed by atoms with Crippen LogP contribution < -0.4 is 5.73 Å². The number of halogens is 1. The summed E-state index contributed by atoms with van der Waals surface area (Å²) in [5.74, 6) is 0.726. The van der Waals surface area contributed by atoms with Crippen molar-refractivity contribution in [3.05, 3.63) is 16.1 Å². The Morgan fingerprint density at radius 2 is 2.38 bits per heavy atom. The Morgan fingerprint density at radius 3 is 2.88 bits per heavy atom. The van der Waals surface area contributed by atoms with E-state index in [0.29, 0.717) is 18.2 Å². The molecule has 0 saturated heterocycles. The molecule has 0 atom stereocenters. The Bertz CT molecular complexity index is 365. The molecule has 6 heteroatoms. The third-order valence-corrected chi connectivity index (χ3v) is 3.39. The van der Waals surface area contributed by atoms with Gasteiger partial charge in [0.25, 0.3) is 5.91 Å². The highest BCUT2D eigenvalue weighted by atomic mass is 35.5. The van der Waals surface area contributed by atoms with E-state index in [-0.39, 0.29) is 18.3 Å². The second kappa shape index (κ2) is 5.61. The Labute approximate surface area is 105 Å². The zero-order chi connectivity index (χ0) is 10.8. The summed E-state index contributed by atoms with van der Waals surface area (Å²) in [6.07, 6.45) is 2.51. The van der Waals surface area contributed by atoms with Crippen LogP contribution in [0.2, 0.25) is 0 Å². The summed E-state index contributed by atoms with van der Waals surface area (Å²) >= 11 is 1.45. The van der Waals surface area contributed by atoms with Gasteiger partial charge in [0.1, 0.15) is 10.7 Å². The van der Waals surface area contributed by atoms with Crippen LogP contribution in [0.3, 0.4) is 0 Å². The molecule has 0 aromatic carbocycles. The first kappa shape index (κ1) is 13.4. The van der Waals surface area contributed by atoms with Gasteiger partial charge in [-0.2, -0.15) is 0 Å². The van der Waals surface area contributed by atoms with Gasteiger partial charge in [-0.1, -0.05) is 0 Å². The number of rotatable bonds is 4. The van der Waals surface area contributed by atoms with E-state index in [1.807, 2.05) is 7.05 Å². The molecule has 0 bridgehead atoms. The van der Waals surface area contributed by atoms with Gasteiger partial charge in [0.15, 0.2) is 0 Å². The van der Waals surface area contributed by atoms with Gasteiger partial charge < -0.3 is 10.6 Å². The topological polar surface area (TPSA) is 59.2 Å². The molecule has 2 rings (SSSR count).